The zero-order valence-corrected chi connectivity index (χ0v) is 26.2. The van der Waals surface area contributed by atoms with Gasteiger partial charge >= 0.3 is 0 Å². The zero-order valence-electron chi connectivity index (χ0n) is 25.4. The molecule has 0 fully saturated rings. The number of carbonyl (C=O) groups is 2. The molecule has 0 saturated heterocycles. The van der Waals surface area contributed by atoms with Crippen molar-refractivity contribution in [1.82, 2.24) is 10.2 Å². The standard InChI is InChI=1S/C32H41N3O6S/c1-8-24(4)33-32(37)25(5)34(20-26-12-10-9-11-23(26)3)31(36)21-35(29-19-27(40-6)15-18-30(29)41-7)42(38,39)28-16-13-22(2)14-17-28/h9-19,24-25H,8,20-21H2,1-7H3,(H,33,37)/t24-,25+/m1/s1. The number of rotatable bonds is 13. The number of anilines is 1. The first kappa shape index (κ1) is 32.5. The van der Waals surface area contributed by atoms with E-state index in [4.69, 9.17) is 9.47 Å². The van der Waals surface area contributed by atoms with Crippen LogP contribution in [0, 0.1) is 13.8 Å². The molecule has 0 heterocycles. The van der Waals surface area contributed by atoms with Crippen molar-refractivity contribution >= 4 is 27.5 Å². The number of nitrogens with one attached hydrogen (secondary N) is 1. The first-order valence-electron chi connectivity index (χ1n) is 13.9. The Bertz CT molecular complexity index is 1490. The Labute approximate surface area is 249 Å². The van der Waals surface area contributed by atoms with E-state index >= 15 is 0 Å². The van der Waals surface area contributed by atoms with Crippen LogP contribution in [-0.2, 0) is 26.2 Å². The molecule has 226 valence electrons. The van der Waals surface area contributed by atoms with Crippen LogP contribution in [-0.4, -0.2) is 58.0 Å². The lowest BCUT2D eigenvalue weighted by Crippen LogP contribution is -2.52. The van der Waals surface area contributed by atoms with Gasteiger partial charge < -0.3 is 19.7 Å². The fourth-order valence-corrected chi connectivity index (χ4v) is 5.78. The molecule has 0 aliphatic rings. The first-order chi connectivity index (χ1) is 19.9. The molecule has 0 bridgehead atoms. The molecule has 0 aliphatic carbocycles. The van der Waals surface area contributed by atoms with E-state index in [-0.39, 0.29) is 34.8 Å². The van der Waals surface area contributed by atoms with Gasteiger partial charge in [0.15, 0.2) is 0 Å². The van der Waals surface area contributed by atoms with E-state index in [1.54, 1.807) is 31.2 Å². The summed E-state index contributed by atoms with van der Waals surface area (Å²) in [4.78, 5) is 28.9. The van der Waals surface area contributed by atoms with E-state index in [1.165, 1.54) is 37.3 Å². The Morgan fingerprint density at radius 2 is 1.60 bits per heavy atom. The monoisotopic (exact) mass is 595 g/mol. The van der Waals surface area contributed by atoms with Crippen molar-refractivity contribution < 1.29 is 27.5 Å². The van der Waals surface area contributed by atoms with Gasteiger partial charge in [0.25, 0.3) is 10.0 Å². The van der Waals surface area contributed by atoms with Crippen LogP contribution in [0.5, 0.6) is 11.5 Å². The minimum atomic E-state index is -4.26. The van der Waals surface area contributed by atoms with Crippen molar-refractivity contribution in [1.29, 1.82) is 0 Å². The number of methoxy groups -OCH3 is 2. The van der Waals surface area contributed by atoms with Crippen molar-refractivity contribution in [2.75, 3.05) is 25.1 Å². The Hall–Kier alpha value is -4.05. The number of carbonyl (C=O) groups excluding carboxylic acids is 2. The number of hydrogen-bond donors (Lipinski definition) is 1. The van der Waals surface area contributed by atoms with E-state index in [0.29, 0.717) is 5.75 Å². The second kappa shape index (κ2) is 14.2. The highest BCUT2D eigenvalue weighted by Gasteiger charge is 2.34. The number of amides is 2. The van der Waals surface area contributed by atoms with Gasteiger partial charge in [-0.05, 0) is 69.5 Å². The third-order valence-corrected chi connectivity index (χ3v) is 9.09. The van der Waals surface area contributed by atoms with Gasteiger partial charge in [0.1, 0.15) is 24.1 Å². The highest BCUT2D eigenvalue weighted by molar-refractivity contribution is 7.92. The highest BCUT2D eigenvalue weighted by Crippen LogP contribution is 2.36. The van der Waals surface area contributed by atoms with Crippen LogP contribution < -0.4 is 19.1 Å². The minimum Gasteiger partial charge on any atom is -0.497 e. The van der Waals surface area contributed by atoms with Gasteiger partial charge in [-0.2, -0.15) is 0 Å². The zero-order chi connectivity index (χ0) is 31.0. The smallest absolute Gasteiger partial charge is 0.264 e. The maximum atomic E-state index is 14.2. The molecule has 0 unspecified atom stereocenters. The molecular formula is C32H41N3O6S. The average Bonchev–Trinajstić information content (AvgIpc) is 2.98. The third kappa shape index (κ3) is 7.61. The third-order valence-electron chi connectivity index (χ3n) is 7.31. The van der Waals surface area contributed by atoms with Crippen LogP contribution in [0.1, 0.15) is 43.9 Å². The highest BCUT2D eigenvalue weighted by atomic mass is 32.2. The molecule has 0 spiro atoms. The summed E-state index contributed by atoms with van der Waals surface area (Å²) < 4.78 is 40.2. The van der Waals surface area contributed by atoms with Crippen LogP contribution in [0.25, 0.3) is 0 Å². The maximum Gasteiger partial charge on any atom is 0.264 e. The number of ether oxygens (including phenoxy) is 2. The lowest BCUT2D eigenvalue weighted by Gasteiger charge is -2.33. The molecule has 42 heavy (non-hydrogen) atoms. The lowest BCUT2D eigenvalue weighted by atomic mass is 10.1. The Balaban J connectivity index is 2.13. The molecule has 0 aromatic heterocycles. The van der Waals surface area contributed by atoms with Crippen molar-refractivity contribution in [3.63, 3.8) is 0 Å². The maximum absolute atomic E-state index is 14.2. The predicted octanol–water partition coefficient (Wildman–Crippen LogP) is 4.85. The first-order valence-corrected chi connectivity index (χ1v) is 15.3. The number of hydrogen-bond acceptors (Lipinski definition) is 6. The number of aryl methyl sites for hydroxylation is 2. The Morgan fingerprint density at radius 3 is 2.19 bits per heavy atom. The topological polar surface area (TPSA) is 105 Å². The summed E-state index contributed by atoms with van der Waals surface area (Å²) in [5.74, 6) is -0.239. The summed E-state index contributed by atoms with van der Waals surface area (Å²) in [6.07, 6.45) is 0.725. The van der Waals surface area contributed by atoms with E-state index in [9.17, 15) is 18.0 Å². The second-order valence-corrected chi connectivity index (χ2v) is 12.2. The average molecular weight is 596 g/mol. The summed E-state index contributed by atoms with van der Waals surface area (Å²) in [6.45, 7) is 8.83. The quantitative estimate of drug-likeness (QED) is 0.303. The summed E-state index contributed by atoms with van der Waals surface area (Å²) in [6, 6.07) is 17.8. The van der Waals surface area contributed by atoms with Crippen LogP contribution in [0.3, 0.4) is 0 Å². The molecule has 2 amide bonds. The molecule has 9 nitrogen and oxygen atoms in total. The summed E-state index contributed by atoms with van der Waals surface area (Å²) in [7, 11) is -1.36. The Morgan fingerprint density at radius 1 is 0.929 bits per heavy atom. The van der Waals surface area contributed by atoms with E-state index in [1.807, 2.05) is 52.0 Å². The van der Waals surface area contributed by atoms with E-state index in [2.05, 4.69) is 5.32 Å². The second-order valence-electron chi connectivity index (χ2n) is 10.3. The molecule has 2 atom stereocenters. The van der Waals surface area contributed by atoms with Gasteiger partial charge in [-0.1, -0.05) is 48.9 Å². The molecule has 3 aromatic carbocycles. The largest absolute Gasteiger partial charge is 0.497 e. The van der Waals surface area contributed by atoms with E-state index < -0.39 is 28.5 Å². The minimum absolute atomic E-state index is 0.0128. The molecule has 3 rings (SSSR count). The van der Waals surface area contributed by atoms with Crippen LogP contribution >= 0.6 is 0 Å². The van der Waals surface area contributed by atoms with Gasteiger partial charge in [0.2, 0.25) is 11.8 Å². The molecule has 3 aromatic rings. The molecule has 1 N–H and O–H groups in total. The van der Waals surface area contributed by atoms with Crippen molar-refractivity contribution in [3.8, 4) is 11.5 Å². The lowest BCUT2D eigenvalue weighted by molar-refractivity contribution is -0.139. The molecule has 10 heteroatoms. The summed E-state index contributed by atoms with van der Waals surface area (Å²) in [5.41, 5.74) is 2.82. The van der Waals surface area contributed by atoms with Crippen molar-refractivity contribution in [2.24, 2.45) is 0 Å². The number of sulfonamides is 1. The van der Waals surface area contributed by atoms with Gasteiger partial charge in [0.05, 0.1) is 24.8 Å². The van der Waals surface area contributed by atoms with Gasteiger partial charge in [0, 0.05) is 18.7 Å². The summed E-state index contributed by atoms with van der Waals surface area (Å²) >= 11 is 0. The molecular weight excluding hydrogens is 554 g/mol. The van der Waals surface area contributed by atoms with Crippen LogP contribution in [0.2, 0.25) is 0 Å². The van der Waals surface area contributed by atoms with Crippen molar-refractivity contribution in [3.05, 3.63) is 83.4 Å². The molecule has 0 radical (unpaired) electrons. The fourth-order valence-electron chi connectivity index (χ4n) is 4.36. The summed E-state index contributed by atoms with van der Waals surface area (Å²) in [5, 5.41) is 2.94. The van der Waals surface area contributed by atoms with Gasteiger partial charge in [-0.3, -0.25) is 13.9 Å². The number of benzene rings is 3. The van der Waals surface area contributed by atoms with Crippen LogP contribution in [0.15, 0.2) is 71.6 Å². The SMILES string of the molecule is CC[C@@H](C)NC(=O)[C@H](C)N(Cc1ccccc1C)C(=O)CN(c1cc(OC)ccc1OC)S(=O)(=O)c1ccc(C)cc1. The normalized spacial score (nSPS) is 12.6. The Kier molecular flexibility index (Phi) is 11.0. The van der Waals surface area contributed by atoms with Gasteiger partial charge in [-0.25, -0.2) is 8.42 Å². The van der Waals surface area contributed by atoms with Crippen LogP contribution in [0.4, 0.5) is 5.69 Å². The molecule has 0 saturated carbocycles. The van der Waals surface area contributed by atoms with E-state index in [0.717, 1.165) is 27.4 Å². The number of nitrogens with zero attached hydrogens (tertiary/aromatic N) is 2. The van der Waals surface area contributed by atoms with Gasteiger partial charge in [-0.15, -0.1) is 0 Å². The predicted molar refractivity (Wildman–Crippen MR) is 164 cm³/mol. The molecule has 0 aliphatic heterocycles. The van der Waals surface area contributed by atoms with Crippen molar-refractivity contribution in [2.45, 2.75) is 64.6 Å². The fraction of sp³-hybridized carbons (Fsp3) is 0.375.